The summed E-state index contributed by atoms with van der Waals surface area (Å²) in [6.07, 6.45) is 1.52. The first-order valence-corrected chi connectivity index (χ1v) is 3.82. The Hall–Kier alpha value is -0.930. The molecule has 10 heavy (non-hydrogen) atoms. The van der Waals surface area contributed by atoms with Crippen LogP contribution in [0.4, 0.5) is 0 Å². The molecule has 0 aromatic carbocycles. The van der Waals surface area contributed by atoms with Gasteiger partial charge in [-0.2, -0.15) is 5.10 Å². The van der Waals surface area contributed by atoms with Crippen molar-refractivity contribution in [3.8, 4) is 5.88 Å². The van der Waals surface area contributed by atoms with Crippen molar-refractivity contribution in [2.75, 3.05) is 7.05 Å². The molecule has 54 valence electrons. The smallest absolute Gasteiger partial charge is 0.243 e. The van der Waals surface area contributed by atoms with Crippen LogP contribution in [0.3, 0.4) is 0 Å². The number of H-pyrrole nitrogens is 1. The molecule has 0 bridgehead atoms. The van der Waals surface area contributed by atoms with Crippen LogP contribution in [-0.4, -0.2) is 17.2 Å². The Morgan fingerprint density at radius 1 is 1.90 bits per heavy atom. The Bertz CT molecular complexity index is 210. The van der Waals surface area contributed by atoms with Crippen molar-refractivity contribution in [2.24, 2.45) is 0 Å². The van der Waals surface area contributed by atoms with E-state index in [9.17, 15) is 4.57 Å². The fraction of sp³-hybridized carbons (Fsp3) is 0.250. The van der Waals surface area contributed by atoms with Gasteiger partial charge in [-0.05, 0) is 0 Å². The number of rotatable bonds is 3. The van der Waals surface area contributed by atoms with E-state index in [-0.39, 0.29) is 0 Å². The zero-order valence-electron chi connectivity index (χ0n) is 5.37. The van der Waals surface area contributed by atoms with E-state index >= 15 is 0 Å². The fourth-order valence-corrected chi connectivity index (χ4v) is 0.801. The Kier molecular flexibility index (Phi) is 2.36. The molecule has 0 radical (unpaired) electrons. The third-order valence-corrected chi connectivity index (χ3v) is 1.57. The van der Waals surface area contributed by atoms with Gasteiger partial charge >= 0.3 is 8.18 Å². The van der Waals surface area contributed by atoms with E-state index in [1.54, 1.807) is 13.1 Å². The second-order valence-electron chi connectivity index (χ2n) is 1.49. The van der Waals surface area contributed by atoms with Crippen molar-refractivity contribution >= 4 is 8.18 Å². The van der Waals surface area contributed by atoms with Gasteiger partial charge in [-0.15, -0.1) is 0 Å². The van der Waals surface area contributed by atoms with Crippen LogP contribution in [0.5, 0.6) is 5.88 Å². The molecule has 0 aliphatic carbocycles. The minimum atomic E-state index is -1.80. The van der Waals surface area contributed by atoms with E-state index in [1.807, 2.05) is 0 Å². The molecule has 0 spiro atoms. The van der Waals surface area contributed by atoms with Crippen LogP contribution in [0, 0.1) is 0 Å². The zero-order valence-corrected chi connectivity index (χ0v) is 6.26. The van der Waals surface area contributed by atoms with Gasteiger partial charge in [0.25, 0.3) is 5.88 Å². The van der Waals surface area contributed by atoms with Gasteiger partial charge in [0.05, 0.1) is 6.20 Å². The number of aromatic nitrogens is 2. The predicted octanol–water partition coefficient (Wildman–Crippen LogP) is 0.665. The quantitative estimate of drug-likeness (QED) is 0.637. The molecule has 1 aromatic heterocycles. The van der Waals surface area contributed by atoms with Gasteiger partial charge in [-0.3, -0.25) is 0 Å². The van der Waals surface area contributed by atoms with Crippen LogP contribution in [-0.2, 0) is 4.57 Å². The van der Waals surface area contributed by atoms with Gasteiger partial charge in [0.2, 0.25) is 0 Å². The molecule has 0 aliphatic rings. The molecule has 0 fully saturated rings. The zero-order chi connectivity index (χ0) is 7.40. The molecule has 5 nitrogen and oxygen atoms in total. The normalized spacial score (nSPS) is 11.1. The maximum absolute atomic E-state index is 10.6. The van der Waals surface area contributed by atoms with Crippen LogP contribution in [0.25, 0.3) is 0 Å². The molecular formula is C4H7N3O2P+. The monoisotopic (exact) mass is 160 g/mol. The second kappa shape index (κ2) is 3.29. The summed E-state index contributed by atoms with van der Waals surface area (Å²) in [5, 5.41) is 8.55. The summed E-state index contributed by atoms with van der Waals surface area (Å²) in [7, 11) is -0.249. The molecule has 0 aliphatic heterocycles. The first-order chi connectivity index (χ1) is 4.83. The van der Waals surface area contributed by atoms with Crippen LogP contribution in [0.2, 0.25) is 0 Å². The lowest BCUT2D eigenvalue weighted by molar-refractivity contribution is 0.486. The molecule has 1 aromatic rings. The lowest BCUT2D eigenvalue weighted by Crippen LogP contribution is -1.96. The van der Waals surface area contributed by atoms with Gasteiger partial charge < -0.3 is 0 Å². The topological polar surface area (TPSA) is 67.0 Å². The maximum atomic E-state index is 10.6. The molecule has 1 rings (SSSR count). The Balaban J connectivity index is 2.48. The van der Waals surface area contributed by atoms with E-state index in [2.05, 4.69) is 15.3 Å². The Morgan fingerprint density at radius 3 is 3.20 bits per heavy atom. The summed E-state index contributed by atoms with van der Waals surface area (Å²) in [6.45, 7) is 0. The number of hydrogen-bond acceptors (Lipinski definition) is 3. The van der Waals surface area contributed by atoms with Crippen molar-refractivity contribution < 1.29 is 9.09 Å². The maximum Gasteiger partial charge on any atom is 0.664 e. The van der Waals surface area contributed by atoms with E-state index in [0.717, 1.165) is 0 Å². The van der Waals surface area contributed by atoms with Crippen molar-refractivity contribution in [2.45, 2.75) is 0 Å². The number of hydrogen-bond donors (Lipinski definition) is 2. The fourth-order valence-electron chi connectivity index (χ4n) is 0.429. The van der Waals surface area contributed by atoms with E-state index in [0.29, 0.717) is 5.88 Å². The van der Waals surface area contributed by atoms with E-state index < -0.39 is 8.18 Å². The van der Waals surface area contributed by atoms with Crippen molar-refractivity contribution in [1.29, 1.82) is 0 Å². The molecule has 0 saturated heterocycles. The van der Waals surface area contributed by atoms with Gasteiger partial charge in [0, 0.05) is 17.7 Å². The van der Waals surface area contributed by atoms with Crippen molar-refractivity contribution in [3.63, 3.8) is 0 Å². The van der Waals surface area contributed by atoms with Crippen LogP contribution < -0.4 is 9.61 Å². The van der Waals surface area contributed by atoms with Crippen LogP contribution in [0.1, 0.15) is 0 Å². The molecule has 0 amide bonds. The number of nitrogens with zero attached hydrogens (tertiary/aromatic N) is 1. The first kappa shape index (κ1) is 7.18. The van der Waals surface area contributed by atoms with Gasteiger partial charge in [-0.1, -0.05) is 5.09 Å². The summed E-state index contributed by atoms with van der Waals surface area (Å²) in [6, 6.07) is 1.59. The van der Waals surface area contributed by atoms with Gasteiger partial charge in [-0.25, -0.2) is 9.62 Å². The highest BCUT2D eigenvalue weighted by molar-refractivity contribution is 7.37. The summed E-state index contributed by atoms with van der Waals surface area (Å²) in [5.41, 5.74) is 0. The van der Waals surface area contributed by atoms with Crippen LogP contribution >= 0.6 is 8.18 Å². The number of aromatic amines is 1. The van der Waals surface area contributed by atoms with Crippen molar-refractivity contribution in [1.82, 2.24) is 15.3 Å². The molecule has 6 heteroatoms. The standard InChI is InChI=1S/C4H7N3O2P/c1-5-10(8)9-4-2-3-6-7-4/h2-3H,1H3,(H,5,8)(H,6,7)/q+1. The predicted molar refractivity (Wildman–Crippen MR) is 35.9 cm³/mol. The largest absolute Gasteiger partial charge is 0.664 e. The molecule has 1 unspecified atom stereocenters. The van der Waals surface area contributed by atoms with Gasteiger partial charge in [0.15, 0.2) is 0 Å². The van der Waals surface area contributed by atoms with Crippen LogP contribution in [0.15, 0.2) is 12.3 Å². The molecular weight excluding hydrogens is 153 g/mol. The lowest BCUT2D eigenvalue weighted by atomic mass is 10.7. The third kappa shape index (κ3) is 1.79. The third-order valence-electron chi connectivity index (χ3n) is 0.839. The summed E-state index contributed by atoms with van der Waals surface area (Å²) in [4.78, 5) is 0. The average Bonchev–Trinajstić information content (AvgIpc) is 2.40. The molecule has 1 heterocycles. The highest BCUT2D eigenvalue weighted by Crippen LogP contribution is 2.18. The SMILES string of the molecule is CN[P+](=O)Oc1ccn[nH]1. The highest BCUT2D eigenvalue weighted by Gasteiger charge is 2.15. The molecule has 2 N–H and O–H groups in total. The van der Waals surface area contributed by atoms with Gasteiger partial charge in [0.1, 0.15) is 0 Å². The van der Waals surface area contributed by atoms with Crippen molar-refractivity contribution in [3.05, 3.63) is 12.3 Å². The van der Waals surface area contributed by atoms with E-state index in [4.69, 9.17) is 4.52 Å². The summed E-state index contributed by atoms with van der Waals surface area (Å²) >= 11 is 0. The summed E-state index contributed by atoms with van der Waals surface area (Å²) in [5.74, 6) is 0.399. The summed E-state index contributed by atoms with van der Waals surface area (Å²) < 4.78 is 15.4. The lowest BCUT2D eigenvalue weighted by Gasteiger charge is -1.81. The molecule has 0 saturated carbocycles. The number of nitrogens with one attached hydrogen (secondary N) is 2. The second-order valence-corrected chi connectivity index (χ2v) is 2.64. The minimum absolute atomic E-state index is 0.399. The first-order valence-electron chi connectivity index (χ1n) is 2.65. The minimum Gasteiger partial charge on any atom is -0.243 e. The Morgan fingerprint density at radius 2 is 2.70 bits per heavy atom. The average molecular weight is 160 g/mol. The van der Waals surface area contributed by atoms with E-state index in [1.165, 1.54) is 6.20 Å². The highest BCUT2D eigenvalue weighted by atomic mass is 31.1. The molecule has 1 atom stereocenters. The Labute approximate surface area is 58.7 Å².